The first-order valence-electron chi connectivity index (χ1n) is 4.96. The number of aromatic nitrogens is 2. The first-order valence-corrected chi connectivity index (χ1v) is 4.96. The summed E-state index contributed by atoms with van der Waals surface area (Å²) in [6.07, 6.45) is 1.54. The van der Waals surface area contributed by atoms with Gasteiger partial charge in [0, 0.05) is 18.0 Å². The van der Waals surface area contributed by atoms with Crippen molar-refractivity contribution in [2.24, 2.45) is 0 Å². The van der Waals surface area contributed by atoms with Crippen LogP contribution >= 0.6 is 0 Å². The zero-order valence-corrected chi connectivity index (χ0v) is 9.21. The second-order valence-electron chi connectivity index (χ2n) is 3.23. The maximum atomic E-state index is 8.72. The van der Waals surface area contributed by atoms with Gasteiger partial charge < -0.3 is 10.1 Å². The molecule has 1 N–H and O–H groups in total. The number of hydrogen-bond acceptors (Lipinski definition) is 5. The van der Waals surface area contributed by atoms with Crippen molar-refractivity contribution in [3.05, 3.63) is 42.2 Å². The Morgan fingerprint density at radius 2 is 2.24 bits per heavy atom. The van der Waals surface area contributed by atoms with Gasteiger partial charge in [-0.15, -0.1) is 0 Å². The molecule has 0 unspecified atom stereocenters. The molecule has 0 aliphatic carbocycles. The SMILES string of the molecule is COc1cccc(Nc2nccc(C#N)n2)c1. The lowest BCUT2D eigenvalue weighted by Gasteiger charge is -2.06. The molecule has 2 aromatic rings. The molecule has 0 aliphatic heterocycles. The summed E-state index contributed by atoms with van der Waals surface area (Å²) in [6.45, 7) is 0. The molecule has 5 heteroatoms. The van der Waals surface area contributed by atoms with Gasteiger partial charge in [0.05, 0.1) is 7.11 Å². The van der Waals surface area contributed by atoms with Gasteiger partial charge in [-0.2, -0.15) is 5.26 Å². The predicted molar refractivity (Wildman–Crippen MR) is 63.0 cm³/mol. The van der Waals surface area contributed by atoms with Gasteiger partial charge >= 0.3 is 0 Å². The first kappa shape index (κ1) is 10.9. The van der Waals surface area contributed by atoms with Crippen molar-refractivity contribution in [3.63, 3.8) is 0 Å². The van der Waals surface area contributed by atoms with Crippen LogP contribution in [0, 0.1) is 11.3 Å². The molecule has 1 aromatic heterocycles. The highest BCUT2D eigenvalue weighted by Crippen LogP contribution is 2.19. The summed E-state index contributed by atoms with van der Waals surface area (Å²) in [5.41, 5.74) is 1.13. The fourth-order valence-electron chi connectivity index (χ4n) is 1.31. The van der Waals surface area contributed by atoms with Crippen LogP contribution in [0.4, 0.5) is 11.6 Å². The number of nitriles is 1. The van der Waals surface area contributed by atoms with E-state index in [-0.39, 0.29) is 0 Å². The Kier molecular flexibility index (Phi) is 3.17. The lowest BCUT2D eigenvalue weighted by molar-refractivity contribution is 0.415. The van der Waals surface area contributed by atoms with E-state index < -0.39 is 0 Å². The molecule has 0 saturated carbocycles. The summed E-state index contributed by atoms with van der Waals surface area (Å²) < 4.78 is 5.10. The third-order valence-electron chi connectivity index (χ3n) is 2.10. The molecular formula is C12H10N4O. The number of methoxy groups -OCH3 is 1. The molecule has 0 aliphatic rings. The second-order valence-corrected chi connectivity index (χ2v) is 3.23. The van der Waals surface area contributed by atoms with Crippen molar-refractivity contribution < 1.29 is 4.74 Å². The zero-order valence-electron chi connectivity index (χ0n) is 9.21. The van der Waals surface area contributed by atoms with E-state index in [0.717, 1.165) is 11.4 Å². The fraction of sp³-hybridized carbons (Fsp3) is 0.0833. The van der Waals surface area contributed by atoms with Crippen LogP contribution in [0.25, 0.3) is 0 Å². The standard InChI is InChI=1S/C12H10N4O/c1-17-11-4-2-3-9(7-11)15-12-14-6-5-10(8-13)16-12/h2-7H,1H3,(H,14,15,16). The van der Waals surface area contributed by atoms with E-state index in [0.29, 0.717) is 11.6 Å². The van der Waals surface area contributed by atoms with Crippen LogP contribution in [0.1, 0.15) is 5.69 Å². The Bertz CT molecular complexity index is 562. The molecule has 1 heterocycles. The summed E-state index contributed by atoms with van der Waals surface area (Å²) in [6, 6.07) is 10.9. The van der Waals surface area contributed by atoms with Gasteiger partial charge in [-0.3, -0.25) is 0 Å². The zero-order chi connectivity index (χ0) is 12.1. The van der Waals surface area contributed by atoms with Crippen molar-refractivity contribution in [3.8, 4) is 11.8 Å². The largest absolute Gasteiger partial charge is 0.497 e. The van der Waals surface area contributed by atoms with Crippen LogP contribution in [-0.4, -0.2) is 17.1 Å². The van der Waals surface area contributed by atoms with E-state index >= 15 is 0 Å². The van der Waals surface area contributed by atoms with Crippen molar-refractivity contribution >= 4 is 11.6 Å². The summed E-state index contributed by atoms with van der Waals surface area (Å²) in [5.74, 6) is 1.13. The maximum Gasteiger partial charge on any atom is 0.228 e. The number of nitrogens with one attached hydrogen (secondary N) is 1. The highest BCUT2D eigenvalue weighted by Gasteiger charge is 2.00. The second kappa shape index (κ2) is 4.94. The number of rotatable bonds is 3. The number of hydrogen-bond donors (Lipinski definition) is 1. The minimum Gasteiger partial charge on any atom is -0.497 e. The molecule has 2 rings (SSSR count). The Morgan fingerprint density at radius 3 is 3.00 bits per heavy atom. The molecule has 0 radical (unpaired) electrons. The van der Waals surface area contributed by atoms with Crippen LogP contribution in [0.15, 0.2) is 36.5 Å². The van der Waals surface area contributed by atoms with Gasteiger partial charge in [0.1, 0.15) is 17.5 Å². The third-order valence-corrected chi connectivity index (χ3v) is 2.10. The summed E-state index contributed by atoms with van der Waals surface area (Å²) in [7, 11) is 1.60. The highest BCUT2D eigenvalue weighted by molar-refractivity contribution is 5.55. The number of ether oxygens (including phenoxy) is 1. The van der Waals surface area contributed by atoms with Gasteiger partial charge in [0.2, 0.25) is 5.95 Å². The normalized spacial score (nSPS) is 9.41. The van der Waals surface area contributed by atoms with E-state index in [4.69, 9.17) is 10.00 Å². The monoisotopic (exact) mass is 226 g/mol. The first-order chi connectivity index (χ1) is 8.31. The smallest absolute Gasteiger partial charge is 0.228 e. The average Bonchev–Trinajstić information content (AvgIpc) is 2.39. The minimum absolute atomic E-state index is 0.324. The molecule has 5 nitrogen and oxygen atoms in total. The molecule has 0 atom stereocenters. The van der Waals surface area contributed by atoms with Gasteiger partial charge in [0.15, 0.2) is 0 Å². The maximum absolute atomic E-state index is 8.72. The van der Waals surface area contributed by atoms with E-state index in [2.05, 4.69) is 15.3 Å². The molecule has 1 aromatic carbocycles. The summed E-state index contributed by atoms with van der Waals surface area (Å²) in [5, 5.41) is 11.7. The summed E-state index contributed by atoms with van der Waals surface area (Å²) in [4.78, 5) is 8.04. The Morgan fingerprint density at radius 1 is 1.35 bits per heavy atom. The topological polar surface area (TPSA) is 70.8 Å². The van der Waals surface area contributed by atoms with Crippen LogP contribution in [0.5, 0.6) is 5.75 Å². The highest BCUT2D eigenvalue weighted by atomic mass is 16.5. The molecule has 0 bridgehead atoms. The van der Waals surface area contributed by atoms with Crippen molar-refractivity contribution in [2.75, 3.05) is 12.4 Å². The Hall–Kier alpha value is -2.61. The van der Waals surface area contributed by atoms with E-state index in [9.17, 15) is 0 Å². The predicted octanol–water partition coefficient (Wildman–Crippen LogP) is 2.10. The molecule has 17 heavy (non-hydrogen) atoms. The van der Waals surface area contributed by atoms with E-state index in [1.165, 1.54) is 6.20 Å². The quantitative estimate of drug-likeness (QED) is 0.867. The van der Waals surface area contributed by atoms with E-state index in [1.54, 1.807) is 13.2 Å². The van der Waals surface area contributed by atoms with Crippen molar-refractivity contribution in [2.45, 2.75) is 0 Å². The van der Waals surface area contributed by atoms with Crippen LogP contribution in [0.3, 0.4) is 0 Å². The lowest BCUT2D eigenvalue weighted by Crippen LogP contribution is -1.98. The van der Waals surface area contributed by atoms with Gasteiger partial charge in [-0.25, -0.2) is 9.97 Å². The van der Waals surface area contributed by atoms with Gasteiger partial charge in [-0.05, 0) is 18.2 Å². The van der Waals surface area contributed by atoms with Crippen molar-refractivity contribution in [1.29, 1.82) is 5.26 Å². The molecule has 0 saturated heterocycles. The molecular weight excluding hydrogens is 216 g/mol. The Balaban J connectivity index is 2.22. The van der Waals surface area contributed by atoms with Crippen LogP contribution in [0.2, 0.25) is 0 Å². The average molecular weight is 226 g/mol. The van der Waals surface area contributed by atoms with Crippen LogP contribution < -0.4 is 10.1 Å². The molecule has 0 amide bonds. The lowest BCUT2D eigenvalue weighted by atomic mass is 10.3. The van der Waals surface area contributed by atoms with Crippen LogP contribution in [-0.2, 0) is 0 Å². The molecule has 0 spiro atoms. The Labute approximate surface area is 98.7 Å². The van der Waals surface area contributed by atoms with E-state index in [1.807, 2.05) is 30.3 Å². The summed E-state index contributed by atoms with van der Waals surface area (Å²) >= 11 is 0. The third kappa shape index (κ3) is 2.69. The fourth-order valence-corrected chi connectivity index (χ4v) is 1.31. The van der Waals surface area contributed by atoms with Crippen molar-refractivity contribution in [1.82, 2.24) is 9.97 Å². The number of nitrogens with zero attached hydrogens (tertiary/aromatic N) is 3. The number of anilines is 2. The molecule has 0 fully saturated rings. The van der Waals surface area contributed by atoms with Gasteiger partial charge in [0.25, 0.3) is 0 Å². The minimum atomic E-state index is 0.324. The van der Waals surface area contributed by atoms with Gasteiger partial charge in [-0.1, -0.05) is 6.07 Å². The molecule has 84 valence electrons. The number of benzene rings is 1.